The fourth-order valence-corrected chi connectivity index (χ4v) is 1.26. The molecule has 0 spiro atoms. The number of allylic oxidation sites excluding steroid dienone is 1. The highest BCUT2D eigenvalue weighted by Gasteiger charge is 1.97. The highest BCUT2D eigenvalue weighted by Crippen LogP contribution is 2.19. The van der Waals surface area contributed by atoms with Crippen molar-refractivity contribution in [1.29, 1.82) is 0 Å². The maximum atomic E-state index is 13.3. The molecule has 0 aliphatic heterocycles. The predicted octanol–water partition coefficient (Wildman–Crippen LogP) is 4.56. The first kappa shape index (κ1) is 10.5. The second-order valence-corrected chi connectivity index (χ2v) is 3.76. The van der Waals surface area contributed by atoms with Crippen molar-refractivity contribution >= 4 is 21.8 Å². The van der Waals surface area contributed by atoms with Gasteiger partial charge in [-0.15, -0.1) is 0 Å². The lowest BCUT2D eigenvalue weighted by Gasteiger charge is -1.97. The summed E-state index contributed by atoms with van der Waals surface area (Å²) in [5, 5.41) is 0. The van der Waals surface area contributed by atoms with Crippen molar-refractivity contribution in [2.75, 3.05) is 0 Å². The second kappa shape index (κ2) is 5.18. The SMILES string of the molecule is CCC/C=C(/F)c1ccc(Br)cc1. The molecule has 0 unspecified atom stereocenters. The van der Waals surface area contributed by atoms with Gasteiger partial charge in [-0.05, 0) is 24.6 Å². The molecule has 0 saturated carbocycles. The Morgan fingerprint density at radius 3 is 2.54 bits per heavy atom. The van der Waals surface area contributed by atoms with Gasteiger partial charge in [0.15, 0.2) is 0 Å². The predicted molar refractivity (Wildman–Crippen MR) is 58.1 cm³/mol. The van der Waals surface area contributed by atoms with Crippen molar-refractivity contribution in [3.8, 4) is 0 Å². The van der Waals surface area contributed by atoms with Crippen LogP contribution in [0.15, 0.2) is 34.8 Å². The van der Waals surface area contributed by atoms with E-state index in [2.05, 4.69) is 15.9 Å². The van der Waals surface area contributed by atoms with Gasteiger partial charge >= 0.3 is 0 Å². The molecule has 0 amide bonds. The minimum Gasteiger partial charge on any atom is -0.207 e. The molecule has 0 radical (unpaired) electrons. The van der Waals surface area contributed by atoms with Crippen LogP contribution in [0.2, 0.25) is 0 Å². The molecule has 0 saturated heterocycles. The number of hydrogen-bond donors (Lipinski definition) is 0. The molecule has 0 aromatic heterocycles. The van der Waals surface area contributed by atoms with E-state index in [1.165, 1.54) is 0 Å². The van der Waals surface area contributed by atoms with E-state index < -0.39 is 0 Å². The number of rotatable bonds is 3. The Morgan fingerprint density at radius 2 is 2.00 bits per heavy atom. The summed E-state index contributed by atoms with van der Waals surface area (Å²) in [6, 6.07) is 7.22. The van der Waals surface area contributed by atoms with Crippen LogP contribution in [0.4, 0.5) is 4.39 Å². The van der Waals surface area contributed by atoms with Gasteiger partial charge in [0.25, 0.3) is 0 Å². The Hall–Kier alpha value is -0.630. The van der Waals surface area contributed by atoms with Crippen LogP contribution in [-0.2, 0) is 0 Å². The molecule has 1 aromatic carbocycles. The summed E-state index contributed by atoms with van der Waals surface area (Å²) >= 11 is 3.31. The summed E-state index contributed by atoms with van der Waals surface area (Å²) in [5.41, 5.74) is 0.650. The van der Waals surface area contributed by atoms with Gasteiger partial charge in [-0.25, -0.2) is 4.39 Å². The third-order valence-electron chi connectivity index (χ3n) is 1.73. The standard InChI is InChI=1S/C11H12BrF/c1-2-3-4-11(13)9-5-7-10(12)8-6-9/h4-8H,2-3H2,1H3/b11-4+. The third-order valence-corrected chi connectivity index (χ3v) is 2.26. The van der Waals surface area contributed by atoms with Gasteiger partial charge in [-0.2, -0.15) is 0 Å². The summed E-state index contributed by atoms with van der Waals surface area (Å²) < 4.78 is 14.3. The molecule has 2 heteroatoms. The highest BCUT2D eigenvalue weighted by atomic mass is 79.9. The number of halogens is 2. The molecule has 0 aliphatic rings. The topological polar surface area (TPSA) is 0 Å². The van der Waals surface area contributed by atoms with Gasteiger partial charge in [0.05, 0.1) is 0 Å². The summed E-state index contributed by atoms with van der Waals surface area (Å²) in [5.74, 6) is -0.130. The van der Waals surface area contributed by atoms with Gasteiger partial charge in [0, 0.05) is 10.0 Å². The summed E-state index contributed by atoms with van der Waals surface area (Å²) in [7, 11) is 0. The van der Waals surface area contributed by atoms with Crippen molar-refractivity contribution in [3.05, 3.63) is 40.4 Å². The lowest BCUT2D eigenvalue weighted by atomic mass is 10.2. The van der Waals surface area contributed by atoms with E-state index in [9.17, 15) is 4.39 Å². The molecule has 70 valence electrons. The van der Waals surface area contributed by atoms with Crippen molar-refractivity contribution in [3.63, 3.8) is 0 Å². The third kappa shape index (κ3) is 3.31. The Morgan fingerprint density at radius 1 is 1.38 bits per heavy atom. The van der Waals surface area contributed by atoms with E-state index >= 15 is 0 Å². The van der Waals surface area contributed by atoms with Gasteiger partial charge in [-0.3, -0.25) is 0 Å². The average molecular weight is 243 g/mol. The van der Waals surface area contributed by atoms with Crippen molar-refractivity contribution in [2.45, 2.75) is 19.8 Å². The molecule has 1 rings (SSSR count). The van der Waals surface area contributed by atoms with E-state index in [1.54, 1.807) is 18.2 Å². The highest BCUT2D eigenvalue weighted by molar-refractivity contribution is 9.10. The molecule has 0 nitrogen and oxygen atoms in total. The van der Waals surface area contributed by atoms with Crippen LogP contribution in [0.5, 0.6) is 0 Å². The number of unbranched alkanes of at least 4 members (excludes halogenated alkanes) is 1. The summed E-state index contributed by atoms with van der Waals surface area (Å²) in [6.45, 7) is 2.03. The number of hydrogen-bond acceptors (Lipinski definition) is 0. The lowest BCUT2D eigenvalue weighted by molar-refractivity contribution is 0.750. The normalized spacial score (nSPS) is 11.8. The van der Waals surface area contributed by atoms with Crippen molar-refractivity contribution < 1.29 is 4.39 Å². The zero-order chi connectivity index (χ0) is 9.68. The molecule has 0 fully saturated rings. The molecule has 0 bridgehead atoms. The van der Waals surface area contributed by atoms with Crippen molar-refractivity contribution in [1.82, 2.24) is 0 Å². The van der Waals surface area contributed by atoms with Gasteiger partial charge < -0.3 is 0 Å². The van der Waals surface area contributed by atoms with Crippen LogP contribution < -0.4 is 0 Å². The van der Waals surface area contributed by atoms with Gasteiger partial charge in [0.1, 0.15) is 5.83 Å². The van der Waals surface area contributed by atoms with Crippen molar-refractivity contribution in [2.24, 2.45) is 0 Å². The zero-order valence-electron chi connectivity index (χ0n) is 7.56. The molecule has 0 N–H and O–H groups in total. The van der Waals surface area contributed by atoms with Gasteiger partial charge in [0.2, 0.25) is 0 Å². The first-order chi connectivity index (χ1) is 6.24. The van der Waals surface area contributed by atoms with E-state index in [1.807, 2.05) is 19.1 Å². The molecular formula is C11H12BrF. The molecule has 0 atom stereocenters. The van der Waals surface area contributed by atoms with Crippen LogP contribution in [0.3, 0.4) is 0 Å². The maximum absolute atomic E-state index is 13.3. The van der Waals surface area contributed by atoms with Gasteiger partial charge in [-0.1, -0.05) is 41.4 Å². The van der Waals surface area contributed by atoms with E-state index in [4.69, 9.17) is 0 Å². The fraction of sp³-hybridized carbons (Fsp3) is 0.273. The second-order valence-electron chi connectivity index (χ2n) is 2.85. The summed E-state index contributed by atoms with van der Waals surface area (Å²) in [6.07, 6.45) is 3.40. The minimum absolute atomic E-state index is 0.130. The minimum atomic E-state index is -0.130. The Balaban J connectivity index is 2.77. The Kier molecular flexibility index (Phi) is 4.16. The van der Waals surface area contributed by atoms with Crippen LogP contribution in [0.1, 0.15) is 25.3 Å². The Labute approximate surface area is 86.6 Å². The average Bonchev–Trinajstić information content (AvgIpc) is 2.15. The zero-order valence-corrected chi connectivity index (χ0v) is 9.14. The Bertz CT molecular complexity index is 287. The van der Waals surface area contributed by atoms with E-state index in [0.29, 0.717) is 5.56 Å². The lowest BCUT2D eigenvalue weighted by Crippen LogP contribution is -1.77. The maximum Gasteiger partial charge on any atom is 0.126 e. The largest absolute Gasteiger partial charge is 0.207 e. The van der Waals surface area contributed by atoms with Crippen LogP contribution in [-0.4, -0.2) is 0 Å². The summed E-state index contributed by atoms with van der Waals surface area (Å²) in [4.78, 5) is 0. The smallest absolute Gasteiger partial charge is 0.126 e. The van der Waals surface area contributed by atoms with Crippen LogP contribution in [0, 0.1) is 0 Å². The first-order valence-corrected chi connectivity index (χ1v) is 5.15. The first-order valence-electron chi connectivity index (χ1n) is 4.35. The quantitative estimate of drug-likeness (QED) is 0.729. The van der Waals surface area contributed by atoms with Crippen LogP contribution >= 0.6 is 15.9 Å². The van der Waals surface area contributed by atoms with E-state index in [0.717, 1.165) is 17.3 Å². The molecular weight excluding hydrogens is 231 g/mol. The molecule has 13 heavy (non-hydrogen) atoms. The van der Waals surface area contributed by atoms with Crippen LogP contribution in [0.25, 0.3) is 5.83 Å². The molecule has 1 aromatic rings. The molecule has 0 aliphatic carbocycles. The number of benzene rings is 1. The van der Waals surface area contributed by atoms with E-state index in [-0.39, 0.29) is 5.83 Å². The molecule has 0 heterocycles. The fourth-order valence-electron chi connectivity index (χ4n) is 0.998. The monoisotopic (exact) mass is 242 g/mol.